The number of benzene rings is 1. The Morgan fingerprint density at radius 2 is 2.00 bits per heavy atom. The molecule has 0 aliphatic heterocycles. The van der Waals surface area contributed by atoms with Crippen LogP contribution in [-0.2, 0) is 9.53 Å². The number of rotatable bonds is 6. The standard InChI is InChI=1S/C18H20N2O4/c1-4-23-17(21)12-16(14-8-6-5-7-9-14)19-20(3)15-10-13(2)24-18(22)11-15/h5-12,19H,4H2,1-3H3/b16-12+. The average molecular weight is 328 g/mol. The van der Waals surface area contributed by atoms with E-state index in [0.717, 1.165) is 5.56 Å². The van der Waals surface area contributed by atoms with Crippen LogP contribution in [0.5, 0.6) is 0 Å². The lowest BCUT2D eigenvalue weighted by Gasteiger charge is -2.23. The number of carbonyl (C=O) groups is 1. The van der Waals surface area contributed by atoms with Crippen molar-refractivity contribution in [2.45, 2.75) is 13.8 Å². The van der Waals surface area contributed by atoms with Gasteiger partial charge in [-0.25, -0.2) is 9.59 Å². The fourth-order valence-electron chi connectivity index (χ4n) is 2.13. The van der Waals surface area contributed by atoms with Gasteiger partial charge in [0.15, 0.2) is 0 Å². The quantitative estimate of drug-likeness (QED) is 0.499. The third kappa shape index (κ3) is 4.74. The Bertz CT molecular complexity index is 781. The van der Waals surface area contributed by atoms with Gasteiger partial charge >= 0.3 is 11.6 Å². The molecule has 0 atom stereocenters. The molecule has 1 heterocycles. The normalized spacial score (nSPS) is 11.0. The lowest BCUT2D eigenvalue weighted by molar-refractivity contribution is -0.137. The van der Waals surface area contributed by atoms with Gasteiger partial charge in [0.05, 0.1) is 18.0 Å². The second kappa shape index (κ2) is 8.01. The molecule has 6 nitrogen and oxygen atoms in total. The van der Waals surface area contributed by atoms with Crippen molar-refractivity contribution in [3.63, 3.8) is 0 Å². The van der Waals surface area contributed by atoms with Crippen molar-refractivity contribution in [1.29, 1.82) is 0 Å². The Morgan fingerprint density at radius 1 is 1.29 bits per heavy atom. The summed E-state index contributed by atoms with van der Waals surface area (Å²) in [6.07, 6.45) is 1.38. The maximum atomic E-state index is 11.8. The van der Waals surface area contributed by atoms with Crippen LogP contribution in [0.2, 0.25) is 0 Å². The molecule has 2 aromatic rings. The SMILES string of the molecule is CCOC(=O)/C=C(/NN(C)c1cc(C)oc(=O)c1)c1ccccc1. The van der Waals surface area contributed by atoms with E-state index < -0.39 is 11.6 Å². The van der Waals surface area contributed by atoms with Crippen LogP contribution in [0.15, 0.2) is 57.8 Å². The molecule has 0 radical (unpaired) electrons. The Kier molecular flexibility index (Phi) is 5.78. The first kappa shape index (κ1) is 17.3. The van der Waals surface area contributed by atoms with E-state index in [-0.39, 0.29) is 0 Å². The third-order valence-electron chi connectivity index (χ3n) is 3.19. The van der Waals surface area contributed by atoms with Crippen molar-refractivity contribution in [2.75, 3.05) is 18.7 Å². The summed E-state index contributed by atoms with van der Waals surface area (Å²) in [6.45, 7) is 3.75. The van der Waals surface area contributed by atoms with Crippen LogP contribution in [-0.4, -0.2) is 19.6 Å². The molecule has 24 heavy (non-hydrogen) atoms. The van der Waals surface area contributed by atoms with Crippen molar-refractivity contribution in [3.8, 4) is 0 Å². The van der Waals surface area contributed by atoms with Crippen LogP contribution in [0.1, 0.15) is 18.2 Å². The van der Waals surface area contributed by atoms with Gasteiger partial charge in [-0.15, -0.1) is 0 Å². The molecule has 2 rings (SSSR count). The minimum Gasteiger partial charge on any atom is -0.463 e. The number of anilines is 1. The molecule has 0 unspecified atom stereocenters. The first-order chi connectivity index (χ1) is 11.5. The molecule has 1 aromatic carbocycles. The van der Waals surface area contributed by atoms with Crippen LogP contribution in [0.3, 0.4) is 0 Å². The fourth-order valence-corrected chi connectivity index (χ4v) is 2.13. The largest absolute Gasteiger partial charge is 0.463 e. The molecule has 1 aromatic heterocycles. The molecule has 0 amide bonds. The number of hydrazine groups is 1. The predicted octanol–water partition coefficient (Wildman–Crippen LogP) is 2.49. The predicted molar refractivity (Wildman–Crippen MR) is 92.3 cm³/mol. The van der Waals surface area contributed by atoms with Crippen molar-refractivity contribution in [3.05, 3.63) is 70.3 Å². The molecule has 0 aliphatic carbocycles. The summed E-state index contributed by atoms with van der Waals surface area (Å²) < 4.78 is 9.94. The van der Waals surface area contributed by atoms with Gasteiger partial charge in [-0.1, -0.05) is 30.3 Å². The number of hydrogen-bond acceptors (Lipinski definition) is 6. The molecule has 126 valence electrons. The van der Waals surface area contributed by atoms with E-state index in [2.05, 4.69) is 5.43 Å². The van der Waals surface area contributed by atoms with Crippen LogP contribution in [0.4, 0.5) is 5.69 Å². The maximum absolute atomic E-state index is 11.8. The molecule has 0 aliphatic rings. The van der Waals surface area contributed by atoms with Crippen molar-refractivity contribution in [1.82, 2.24) is 5.43 Å². The summed E-state index contributed by atoms with van der Waals surface area (Å²) in [6, 6.07) is 12.5. The third-order valence-corrected chi connectivity index (χ3v) is 3.19. The zero-order chi connectivity index (χ0) is 17.5. The van der Waals surface area contributed by atoms with E-state index in [1.54, 1.807) is 32.0 Å². The Labute approximate surface area is 140 Å². The van der Waals surface area contributed by atoms with Gasteiger partial charge in [-0.3, -0.25) is 10.4 Å². The summed E-state index contributed by atoms with van der Waals surface area (Å²) in [7, 11) is 1.75. The molecule has 0 saturated carbocycles. The van der Waals surface area contributed by atoms with Crippen LogP contribution >= 0.6 is 0 Å². The number of nitrogens with zero attached hydrogens (tertiary/aromatic N) is 1. The number of carbonyl (C=O) groups excluding carboxylic acids is 1. The smallest absolute Gasteiger partial charge is 0.337 e. The molecular weight excluding hydrogens is 308 g/mol. The van der Waals surface area contributed by atoms with Gasteiger partial charge in [0.1, 0.15) is 5.76 Å². The summed E-state index contributed by atoms with van der Waals surface area (Å²) in [5.74, 6) is 0.0581. The number of ether oxygens (including phenoxy) is 1. The Balaban J connectivity index is 2.31. The minimum absolute atomic E-state index is 0.298. The van der Waals surface area contributed by atoms with Gasteiger partial charge < -0.3 is 9.15 Å². The van der Waals surface area contributed by atoms with E-state index >= 15 is 0 Å². The minimum atomic E-state index is -0.444. The highest BCUT2D eigenvalue weighted by Crippen LogP contribution is 2.16. The van der Waals surface area contributed by atoms with Gasteiger partial charge in [-0.05, 0) is 19.4 Å². The zero-order valence-electron chi connectivity index (χ0n) is 13.9. The number of aryl methyl sites for hydroxylation is 1. The van der Waals surface area contributed by atoms with Crippen LogP contribution in [0, 0.1) is 6.92 Å². The summed E-state index contributed by atoms with van der Waals surface area (Å²) in [5.41, 5.74) is 4.66. The van der Waals surface area contributed by atoms with Crippen LogP contribution in [0.25, 0.3) is 5.70 Å². The number of hydrogen-bond donors (Lipinski definition) is 1. The van der Waals surface area contributed by atoms with Crippen molar-refractivity contribution in [2.24, 2.45) is 0 Å². The summed E-state index contributed by atoms with van der Waals surface area (Å²) >= 11 is 0. The van der Waals surface area contributed by atoms with Crippen molar-refractivity contribution < 1.29 is 13.9 Å². The van der Waals surface area contributed by atoms with E-state index in [4.69, 9.17) is 9.15 Å². The average Bonchev–Trinajstić information content (AvgIpc) is 2.54. The van der Waals surface area contributed by atoms with Gasteiger partial charge in [0.2, 0.25) is 0 Å². The molecule has 0 saturated heterocycles. The second-order valence-electron chi connectivity index (χ2n) is 5.09. The lowest BCUT2D eigenvalue weighted by atomic mass is 10.1. The first-order valence-corrected chi connectivity index (χ1v) is 7.55. The van der Waals surface area contributed by atoms with Gasteiger partial charge in [0, 0.05) is 25.3 Å². The van der Waals surface area contributed by atoms with Gasteiger partial charge in [0.25, 0.3) is 0 Å². The zero-order valence-corrected chi connectivity index (χ0v) is 13.9. The lowest BCUT2D eigenvalue weighted by Crippen LogP contribution is -2.34. The highest BCUT2D eigenvalue weighted by molar-refractivity contribution is 5.91. The van der Waals surface area contributed by atoms with Crippen LogP contribution < -0.4 is 16.1 Å². The van der Waals surface area contributed by atoms with E-state index in [1.807, 2.05) is 30.3 Å². The van der Waals surface area contributed by atoms with Crippen molar-refractivity contribution >= 4 is 17.4 Å². The Morgan fingerprint density at radius 3 is 2.62 bits per heavy atom. The summed E-state index contributed by atoms with van der Waals surface area (Å²) in [4.78, 5) is 23.4. The first-order valence-electron chi connectivity index (χ1n) is 7.55. The second-order valence-corrected chi connectivity index (χ2v) is 5.09. The highest BCUT2D eigenvalue weighted by Gasteiger charge is 2.10. The number of esters is 1. The molecule has 0 spiro atoms. The topological polar surface area (TPSA) is 71.8 Å². The molecule has 6 heteroatoms. The monoisotopic (exact) mass is 328 g/mol. The number of nitrogens with one attached hydrogen (secondary N) is 1. The fraction of sp³-hybridized carbons (Fsp3) is 0.222. The molecule has 0 fully saturated rings. The van der Waals surface area contributed by atoms with E-state index in [0.29, 0.717) is 23.8 Å². The molecule has 1 N–H and O–H groups in total. The van der Waals surface area contributed by atoms with Gasteiger partial charge in [-0.2, -0.15) is 0 Å². The maximum Gasteiger partial charge on any atom is 0.337 e. The van der Waals surface area contributed by atoms with E-state index in [1.165, 1.54) is 12.1 Å². The Hall–Kier alpha value is -3.02. The summed E-state index contributed by atoms with van der Waals surface area (Å²) in [5, 5.41) is 1.64. The highest BCUT2D eigenvalue weighted by atomic mass is 16.5. The molecule has 0 bridgehead atoms. The van der Waals surface area contributed by atoms with E-state index in [9.17, 15) is 9.59 Å². The molecular formula is C18H20N2O4.